The number of anilines is 1. The monoisotopic (exact) mass is 436 g/mol. The molecule has 6 heteroatoms. The van der Waals surface area contributed by atoms with Crippen LogP contribution in [-0.4, -0.2) is 54.0 Å². The van der Waals surface area contributed by atoms with Crippen LogP contribution in [-0.2, 0) is 9.59 Å². The number of benzene rings is 2. The molecule has 172 valence electrons. The second-order valence-corrected chi connectivity index (χ2v) is 10.5. The zero-order chi connectivity index (χ0) is 23.1. The van der Waals surface area contributed by atoms with Crippen molar-refractivity contribution in [3.8, 4) is 0 Å². The summed E-state index contributed by atoms with van der Waals surface area (Å²) >= 11 is 0. The summed E-state index contributed by atoms with van der Waals surface area (Å²) in [4.78, 5) is 28.4. The summed E-state index contributed by atoms with van der Waals surface area (Å²) in [6.45, 7) is 8.60. The minimum absolute atomic E-state index is 0.0365. The molecule has 2 aromatic carbocycles. The third-order valence-electron chi connectivity index (χ3n) is 7.16. The molecule has 32 heavy (non-hydrogen) atoms. The van der Waals surface area contributed by atoms with Gasteiger partial charge >= 0.3 is 0 Å². The van der Waals surface area contributed by atoms with Crippen LogP contribution in [0.5, 0.6) is 0 Å². The van der Waals surface area contributed by atoms with Gasteiger partial charge in [0.2, 0.25) is 11.8 Å². The average Bonchev–Trinajstić information content (AvgIpc) is 3.26. The standard InChI is InChI=1S/C26H36N4O2/c1-17(27-5)23(31)29-22(25(2,3)4)24(32)30-14-8-13-26(30)16-21(26)28-20-12-11-18-9-6-7-10-19(18)15-20/h6-7,9-12,15,17,21-22,27-28H,8,13-14,16H2,1-5H3,(H,29,31)/t17-,21?,22+,26?/m0/s1. The highest BCUT2D eigenvalue weighted by Crippen LogP contribution is 2.52. The van der Waals surface area contributed by atoms with Crippen LogP contribution < -0.4 is 16.0 Å². The summed E-state index contributed by atoms with van der Waals surface area (Å²) < 4.78 is 0. The van der Waals surface area contributed by atoms with Crippen LogP contribution in [0.25, 0.3) is 10.8 Å². The van der Waals surface area contributed by atoms with E-state index in [-0.39, 0.29) is 34.9 Å². The smallest absolute Gasteiger partial charge is 0.246 e. The van der Waals surface area contributed by atoms with Crippen molar-refractivity contribution in [3.63, 3.8) is 0 Å². The van der Waals surface area contributed by atoms with Gasteiger partial charge in [0.05, 0.1) is 17.6 Å². The van der Waals surface area contributed by atoms with Gasteiger partial charge in [-0.1, -0.05) is 51.1 Å². The van der Waals surface area contributed by atoms with Gasteiger partial charge in [-0.15, -0.1) is 0 Å². The molecular weight excluding hydrogens is 400 g/mol. The van der Waals surface area contributed by atoms with Crippen molar-refractivity contribution in [1.29, 1.82) is 0 Å². The summed E-state index contributed by atoms with van der Waals surface area (Å²) in [7, 11) is 1.75. The highest BCUT2D eigenvalue weighted by Gasteiger charge is 2.62. The first-order valence-electron chi connectivity index (χ1n) is 11.7. The van der Waals surface area contributed by atoms with Crippen LogP contribution in [0.15, 0.2) is 42.5 Å². The van der Waals surface area contributed by atoms with Crippen LogP contribution in [0.2, 0.25) is 0 Å². The number of likely N-dealkylation sites (tertiary alicyclic amines) is 1. The van der Waals surface area contributed by atoms with Crippen molar-refractivity contribution in [3.05, 3.63) is 42.5 Å². The van der Waals surface area contributed by atoms with Gasteiger partial charge in [-0.3, -0.25) is 9.59 Å². The van der Waals surface area contributed by atoms with Gasteiger partial charge in [0, 0.05) is 12.2 Å². The van der Waals surface area contributed by atoms with Crippen LogP contribution in [0.1, 0.15) is 47.0 Å². The average molecular weight is 437 g/mol. The minimum atomic E-state index is -0.553. The molecule has 1 aliphatic carbocycles. The number of amides is 2. The predicted octanol–water partition coefficient (Wildman–Crippen LogP) is 3.52. The van der Waals surface area contributed by atoms with Crippen LogP contribution in [0.4, 0.5) is 5.69 Å². The first kappa shape index (κ1) is 22.6. The molecule has 2 aromatic rings. The van der Waals surface area contributed by atoms with Crippen molar-refractivity contribution in [2.75, 3.05) is 18.9 Å². The number of nitrogens with zero attached hydrogens (tertiary/aromatic N) is 1. The Balaban J connectivity index is 1.50. The molecule has 4 rings (SSSR count). The lowest BCUT2D eigenvalue weighted by molar-refractivity contribution is -0.141. The van der Waals surface area contributed by atoms with Crippen LogP contribution in [0.3, 0.4) is 0 Å². The van der Waals surface area contributed by atoms with Crippen molar-refractivity contribution in [2.24, 2.45) is 5.41 Å². The molecule has 3 N–H and O–H groups in total. The number of fused-ring (bicyclic) bond motifs is 1. The maximum Gasteiger partial charge on any atom is 0.246 e. The Kier molecular flexibility index (Phi) is 5.93. The molecule has 1 saturated heterocycles. The molecule has 1 saturated carbocycles. The third-order valence-corrected chi connectivity index (χ3v) is 7.16. The molecule has 6 nitrogen and oxygen atoms in total. The van der Waals surface area contributed by atoms with E-state index < -0.39 is 6.04 Å². The van der Waals surface area contributed by atoms with E-state index in [1.807, 2.05) is 25.7 Å². The number of carbonyl (C=O) groups is 2. The zero-order valence-corrected chi connectivity index (χ0v) is 19.9. The molecule has 2 aliphatic rings. The Labute approximate surface area is 191 Å². The van der Waals surface area contributed by atoms with E-state index in [1.165, 1.54) is 10.8 Å². The molecule has 4 atom stereocenters. The van der Waals surface area contributed by atoms with E-state index in [1.54, 1.807) is 14.0 Å². The molecular formula is C26H36N4O2. The van der Waals surface area contributed by atoms with Gasteiger partial charge in [-0.05, 0) is 61.6 Å². The highest BCUT2D eigenvalue weighted by molar-refractivity contribution is 5.91. The summed E-state index contributed by atoms with van der Waals surface area (Å²) in [5.74, 6) is -0.106. The molecule has 2 fully saturated rings. The Hall–Kier alpha value is -2.60. The van der Waals surface area contributed by atoms with E-state index in [2.05, 4.69) is 58.4 Å². The quantitative estimate of drug-likeness (QED) is 0.648. The minimum Gasteiger partial charge on any atom is -0.380 e. The van der Waals surface area contributed by atoms with Crippen molar-refractivity contribution >= 4 is 28.3 Å². The summed E-state index contributed by atoms with van der Waals surface area (Å²) in [5, 5.41) is 12.1. The van der Waals surface area contributed by atoms with Crippen LogP contribution in [0, 0.1) is 5.41 Å². The number of hydrogen-bond donors (Lipinski definition) is 3. The molecule has 1 heterocycles. The lowest BCUT2D eigenvalue weighted by Gasteiger charge is -2.37. The van der Waals surface area contributed by atoms with Gasteiger partial charge in [0.1, 0.15) is 6.04 Å². The molecule has 1 aliphatic heterocycles. The summed E-state index contributed by atoms with van der Waals surface area (Å²) in [6.07, 6.45) is 2.95. The number of hydrogen-bond acceptors (Lipinski definition) is 4. The Morgan fingerprint density at radius 1 is 1.12 bits per heavy atom. The van der Waals surface area contributed by atoms with Gasteiger partial charge < -0.3 is 20.9 Å². The SMILES string of the molecule is CN[C@@H](C)C(=O)N[C@H](C(=O)N1CCCC12CC2Nc1ccc2ccccc2c1)C(C)(C)C. The highest BCUT2D eigenvalue weighted by atomic mass is 16.2. The second-order valence-electron chi connectivity index (χ2n) is 10.5. The van der Waals surface area contributed by atoms with E-state index in [4.69, 9.17) is 0 Å². The number of rotatable bonds is 6. The third kappa shape index (κ3) is 4.20. The molecule has 0 radical (unpaired) electrons. The van der Waals surface area contributed by atoms with E-state index in [9.17, 15) is 9.59 Å². The Morgan fingerprint density at radius 2 is 1.84 bits per heavy atom. The van der Waals surface area contributed by atoms with Crippen molar-refractivity contribution in [2.45, 2.75) is 70.6 Å². The van der Waals surface area contributed by atoms with E-state index >= 15 is 0 Å². The van der Waals surface area contributed by atoms with Crippen molar-refractivity contribution in [1.82, 2.24) is 15.5 Å². The van der Waals surface area contributed by atoms with Crippen molar-refractivity contribution < 1.29 is 9.59 Å². The van der Waals surface area contributed by atoms with Crippen LogP contribution >= 0.6 is 0 Å². The molecule has 2 unspecified atom stereocenters. The van der Waals surface area contributed by atoms with Gasteiger partial charge in [-0.2, -0.15) is 0 Å². The van der Waals surface area contributed by atoms with E-state index in [0.29, 0.717) is 0 Å². The summed E-state index contributed by atoms with van der Waals surface area (Å²) in [6, 6.07) is 14.1. The first-order valence-corrected chi connectivity index (χ1v) is 11.7. The van der Waals surface area contributed by atoms with Gasteiger partial charge in [-0.25, -0.2) is 0 Å². The number of carbonyl (C=O) groups excluding carboxylic acids is 2. The summed E-state index contributed by atoms with van der Waals surface area (Å²) in [5.41, 5.74) is 0.569. The molecule has 0 aromatic heterocycles. The molecule has 1 spiro atoms. The first-order chi connectivity index (χ1) is 15.2. The van der Waals surface area contributed by atoms with Gasteiger partial charge in [0.15, 0.2) is 0 Å². The largest absolute Gasteiger partial charge is 0.380 e. The topological polar surface area (TPSA) is 73.5 Å². The Bertz CT molecular complexity index is 1010. The van der Waals surface area contributed by atoms with Gasteiger partial charge in [0.25, 0.3) is 0 Å². The fraction of sp³-hybridized carbons (Fsp3) is 0.538. The molecule has 2 amide bonds. The maximum atomic E-state index is 13.7. The Morgan fingerprint density at radius 3 is 2.53 bits per heavy atom. The predicted molar refractivity (Wildman–Crippen MR) is 130 cm³/mol. The second kappa shape index (κ2) is 8.39. The normalized spacial score (nSPS) is 24.4. The lowest BCUT2D eigenvalue weighted by Crippen LogP contribution is -2.59. The maximum absolute atomic E-state index is 13.7. The fourth-order valence-electron chi connectivity index (χ4n) is 4.97. The number of likely N-dealkylation sites (N-methyl/N-ethyl adjacent to an activating group) is 1. The van der Waals surface area contributed by atoms with E-state index in [0.717, 1.165) is 31.5 Å². The number of nitrogens with one attached hydrogen (secondary N) is 3. The molecule has 0 bridgehead atoms. The lowest BCUT2D eigenvalue weighted by atomic mass is 9.85. The zero-order valence-electron chi connectivity index (χ0n) is 19.9. The fourth-order valence-corrected chi connectivity index (χ4v) is 4.97.